The summed E-state index contributed by atoms with van der Waals surface area (Å²) in [7, 11) is 0. The molecule has 2 aromatic heterocycles. The molecule has 4 nitrogen and oxygen atoms in total. The van der Waals surface area contributed by atoms with E-state index in [-0.39, 0.29) is 12.3 Å². The van der Waals surface area contributed by atoms with Gasteiger partial charge in [0.2, 0.25) is 5.91 Å². The Morgan fingerprint density at radius 3 is 2.92 bits per heavy atom. The second kappa shape index (κ2) is 8.99. The molecule has 25 heavy (non-hydrogen) atoms. The van der Waals surface area contributed by atoms with Gasteiger partial charge in [0.25, 0.3) is 0 Å². The van der Waals surface area contributed by atoms with E-state index in [4.69, 9.17) is 11.6 Å². The van der Waals surface area contributed by atoms with Crippen molar-refractivity contribution in [3.63, 3.8) is 0 Å². The molecule has 0 bridgehead atoms. The van der Waals surface area contributed by atoms with E-state index in [0.29, 0.717) is 6.54 Å². The summed E-state index contributed by atoms with van der Waals surface area (Å²) in [6.45, 7) is 0.431. The molecule has 1 N–H and O–H groups in total. The van der Waals surface area contributed by atoms with Crippen LogP contribution in [0.1, 0.15) is 17.0 Å². The average molecular weight is 390 g/mol. The molecule has 0 unspecified atom stereocenters. The fourth-order valence-corrected chi connectivity index (χ4v) is 4.13. The van der Waals surface area contributed by atoms with E-state index in [1.165, 1.54) is 0 Å². The number of aromatic nitrogens is 2. The van der Waals surface area contributed by atoms with Gasteiger partial charge in [-0.3, -0.25) is 9.78 Å². The number of amides is 1. The molecule has 128 valence electrons. The standard InChI is InChI=1S/C18H16ClN3OS2/c19-14-5-3-4-13(8-14)11-24-18-22-16(12-25-18)9-17(23)21-10-15-6-1-2-7-20-15/h1-8,12H,9-11H2,(H,21,23). The highest BCUT2D eigenvalue weighted by atomic mass is 35.5. The van der Waals surface area contributed by atoms with Gasteiger partial charge in [0.1, 0.15) is 4.34 Å². The van der Waals surface area contributed by atoms with Gasteiger partial charge in [0.05, 0.1) is 24.4 Å². The van der Waals surface area contributed by atoms with Crippen molar-refractivity contribution in [2.45, 2.75) is 23.1 Å². The van der Waals surface area contributed by atoms with Crippen LogP contribution in [-0.4, -0.2) is 15.9 Å². The third-order valence-electron chi connectivity index (χ3n) is 3.32. The summed E-state index contributed by atoms with van der Waals surface area (Å²) in [5, 5.41) is 5.53. The number of halogens is 1. The molecular formula is C18H16ClN3OS2. The van der Waals surface area contributed by atoms with Crippen LogP contribution in [0.3, 0.4) is 0 Å². The summed E-state index contributed by atoms with van der Waals surface area (Å²) < 4.78 is 0.951. The minimum Gasteiger partial charge on any atom is -0.350 e. The predicted molar refractivity (Wildman–Crippen MR) is 103 cm³/mol. The SMILES string of the molecule is O=C(Cc1csc(SCc2cccc(Cl)c2)n1)NCc1ccccn1. The van der Waals surface area contributed by atoms with Gasteiger partial charge in [-0.15, -0.1) is 11.3 Å². The summed E-state index contributed by atoms with van der Waals surface area (Å²) in [5.41, 5.74) is 2.78. The lowest BCUT2D eigenvalue weighted by atomic mass is 10.2. The van der Waals surface area contributed by atoms with Crippen molar-refractivity contribution < 1.29 is 4.79 Å². The largest absolute Gasteiger partial charge is 0.350 e. The quantitative estimate of drug-likeness (QED) is 0.610. The van der Waals surface area contributed by atoms with Crippen LogP contribution < -0.4 is 5.32 Å². The van der Waals surface area contributed by atoms with E-state index < -0.39 is 0 Å². The Morgan fingerprint density at radius 2 is 2.12 bits per heavy atom. The number of carbonyl (C=O) groups excluding carboxylic acids is 1. The minimum absolute atomic E-state index is 0.0534. The second-order valence-corrected chi connectivity index (χ2v) is 7.81. The predicted octanol–water partition coefficient (Wildman–Crippen LogP) is 4.34. The number of pyridine rings is 1. The van der Waals surface area contributed by atoms with Gasteiger partial charge in [-0.2, -0.15) is 0 Å². The molecule has 0 aliphatic rings. The Balaban J connectivity index is 1.47. The first-order valence-corrected chi connectivity index (χ1v) is 9.91. The fourth-order valence-electron chi connectivity index (χ4n) is 2.13. The number of benzene rings is 1. The van der Waals surface area contributed by atoms with Crippen LogP contribution >= 0.6 is 34.7 Å². The summed E-state index contributed by atoms with van der Waals surface area (Å²) in [5.74, 6) is 0.752. The van der Waals surface area contributed by atoms with E-state index in [1.807, 2.05) is 47.8 Å². The van der Waals surface area contributed by atoms with Gasteiger partial charge in [0, 0.05) is 22.4 Å². The van der Waals surface area contributed by atoms with Crippen LogP contribution in [0.2, 0.25) is 5.02 Å². The second-order valence-electron chi connectivity index (χ2n) is 5.30. The molecule has 0 fully saturated rings. The molecule has 0 saturated heterocycles. The molecule has 0 atom stereocenters. The Bertz CT molecular complexity index is 839. The summed E-state index contributed by atoms with van der Waals surface area (Å²) >= 11 is 9.19. The summed E-state index contributed by atoms with van der Waals surface area (Å²) in [4.78, 5) is 20.7. The lowest BCUT2D eigenvalue weighted by molar-refractivity contribution is -0.120. The number of rotatable bonds is 7. The van der Waals surface area contributed by atoms with Crippen LogP contribution in [-0.2, 0) is 23.5 Å². The van der Waals surface area contributed by atoms with Crippen molar-refractivity contribution >= 4 is 40.6 Å². The van der Waals surface area contributed by atoms with Crippen molar-refractivity contribution in [2.75, 3.05) is 0 Å². The lowest BCUT2D eigenvalue weighted by Crippen LogP contribution is -2.25. The lowest BCUT2D eigenvalue weighted by Gasteiger charge is -2.03. The molecular weight excluding hydrogens is 374 g/mol. The van der Waals surface area contributed by atoms with Crippen molar-refractivity contribution in [3.8, 4) is 0 Å². The smallest absolute Gasteiger partial charge is 0.226 e. The average Bonchev–Trinajstić information content (AvgIpc) is 3.06. The monoisotopic (exact) mass is 389 g/mol. The first kappa shape index (κ1) is 17.9. The molecule has 2 heterocycles. The number of thiazole rings is 1. The zero-order chi connectivity index (χ0) is 17.5. The maximum atomic E-state index is 12.0. The Morgan fingerprint density at radius 1 is 1.20 bits per heavy atom. The minimum atomic E-state index is -0.0534. The molecule has 1 aromatic carbocycles. The van der Waals surface area contributed by atoms with Crippen molar-refractivity contribution in [3.05, 3.63) is 76.0 Å². The Hall–Kier alpha value is -1.89. The molecule has 0 aliphatic carbocycles. The Labute approximate surface area is 159 Å². The first-order chi connectivity index (χ1) is 12.2. The van der Waals surface area contributed by atoms with E-state index >= 15 is 0 Å². The van der Waals surface area contributed by atoms with E-state index in [2.05, 4.69) is 15.3 Å². The number of hydrogen-bond acceptors (Lipinski definition) is 5. The van der Waals surface area contributed by atoms with Crippen LogP contribution in [0, 0.1) is 0 Å². The molecule has 7 heteroatoms. The van der Waals surface area contributed by atoms with Gasteiger partial charge in [-0.25, -0.2) is 4.98 Å². The first-order valence-electron chi connectivity index (χ1n) is 7.67. The molecule has 1 amide bonds. The molecule has 0 spiro atoms. The summed E-state index contributed by atoms with van der Waals surface area (Å²) in [6.07, 6.45) is 1.99. The van der Waals surface area contributed by atoms with Gasteiger partial charge < -0.3 is 5.32 Å². The highest BCUT2D eigenvalue weighted by Gasteiger charge is 2.08. The number of carbonyl (C=O) groups is 1. The normalized spacial score (nSPS) is 10.6. The number of hydrogen-bond donors (Lipinski definition) is 1. The van der Waals surface area contributed by atoms with Crippen LogP contribution in [0.25, 0.3) is 0 Å². The van der Waals surface area contributed by atoms with Gasteiger partial charge in [-0.1, -0.05) is 41.6 Å². The third-order valence-corrected chi connectivity index (χ3v) is 5.69. The fraction of sp³-hybridized carbons (Fsp3) is 0.167. The van der Waals surface area contributed by atoms with Crippen molar-refractivity contribution in [2.24, 2.45) is 0 Å². The zero-order valence-electron chi connectivity index (χ0n) is 13.3. The van der Waals surface area contributed by atoms with Crippen LogP contribution in [0.5, 0.6) is 0 Å². The van der Waals surface area contributed by atoms with E-state index in [0.717, 1.165) is 32.1 Å². The van der Waals surface area contributed by atoms with Crippen LogP contribution in [0.4, 0.5) is 0 Å². The van der Waals surface area contributed by atoms with Gasteiger partial charge >= 0.3 is 0 Å². The van der Waals surface area contributed by atoms with Gasteiger partial charge in [0.15, 0.2) is 0 Å². The molecule has 0 saturated carbocycles. The molecule has 0 radical (unpaired) electrons. The maximum Gasteiger partial charge on any atom is 0.226 e. The zero-order valence-corrected chi connectivity index (χ0v) is 15.7. The third kappa shape index (κ3) is 5.85. The summed E-state index contributed by atoms with van der Waals surface area (Å²) in [6, 6.07) is 13.4. The van der Waals surface area contributed by atoms with E-state index in [1.54, 1.807) is 29.3 Å². The highest BCUT2D eigenvalue weighted by Crippen LogP contribution is 2.27. The topological polar surface area (TPSA) is 54.9 Å². The molecule has 3 rings (SSSR count). The van der Waals surface area contributed by atoms with Crippen LogP contribution in [0.15, 0.2) is 58.4 Å². The van der Waals surface area contributed by atoms with E-state index in [9.17, 15) is 4.79 Å². The molecule has 0 aliphatic heterocycles. The van der Waals surface area contributed by atoms with Crippen molar-refractivity contribution in [1.29, 1.82) is 0 Å². The number of nitrogens with one attached hydrogen (secondary N) is 1. The number of nitrogens with zero attached hydrogens (tertiary/aromatic N) is 2. The maximum absolute atomic E-state index is 12.0. The Kier molecular flexibility index (Phi) is 6.44. The van der Waals surface area contributed by atoms with Gasteiger partial charge in [-0.05, 0) is 29.8 Å². The molecule has 3 aromatic rings. The highest BCUT2D eigenvalue weighted by molar-refractivity contribution is 8.00. The van der Waals surface area contributed by atoms with Crippen molar-refractivity contribution in [1.82, 2.24) is 15.3 Å². The number of thioether (sulfide) groups is 1.